The third-order valence-electron chi connectivity index (χ3n) is 2.91. The summed E-state index contributed by atoms with van der Waals surface area (Å²) >= 11 is 3.22. The number of aromatic nitrogens is 3. The van der Waals surface area contributed by atoms with E-state index in [4.69, 9.17) is 0 Å². The molecule has 4 nitrogen and oxygen atoms in total. The van der Waals surface area contributed by atoms with Gasteiger partial charge in [0, 0.05) is 17.2 Å². The van der Waals surface area contributed by atoms with Gasteiger partial charge < -0.3 is 9.88 Å². The maximum Gasteiger partial charge on any atom is 0.416 e. The summed E-state index contributed by atoms with van der Waals surface area (Å²) in [5.74, 6) is 1.39. The van der Waals surface area contributed by atoms with Crippen molar-refractivity contribution in [1.82, 2.24) is 14.8 Å². The fourth-order valence-electron chi connectivity index (χ4n) is 1.62. The molecule has 2 rings (SSSR count). The Hall–Kier alpha value is -1.57. The highest BCUT2D eigenvalue weighted by Gasteiger charge is 2.30. The van der Waals surface area contributed by atoms with Gasteiger partial charge in [-0.1, -0.05) is 0 Å². The van der Waals surface area contributed by atoms with E-state index in [0.29, 0.717) is 16.0 Å². The smallest absolute Gasteiger partial charge is 0.377 e. The molecule has 0 amide bonds. The van der Waals surface area contributed by atoms with Crippen molar-refractivity contribution in [3.8, 4) is 0 Å². The van der Waals surface area contributed by atoms with Crippen LogP contribution >= 0.6 is 15.9 Å². The lowest BCUT2D eigenvalue weighted by Gasteiger charge is -2.12. The Morgan fingerprint density at radius 3 is 2.55 bits per heavy atom. The molecule has 1 N–H and O–H groups in total. The molecule has 0 bridgehead atoms. The zero-order chi connectivity index (χ0) is 14.9. The number of nitrogens with one attached hydrogen (secondary N) is 1. The van der Waals surface area contributed by atoms with E-state index < -0.39 is 11.7 Å². The maximum absolute atomic E-state index is 12.7. The first-order valence-corrected chi connectivity index (χ1v) is 6.54. The first-order chi connectivity index (χ1) is 9.29. The van der Waals surface area contributed by atoms with Gasteiger partial charge >= 0.3 is 6.18 Å². The average Bonchev–Trinajstić information content (AvgIpc) is 2.68. The summed E-state index contributed by atoms with van der Waals surface area (Å²) < 4.78 is 40.3. The molecule has 20 heavy (non-hydrogen) atoms. The van der Waals surface area contributed by atoms with Crippen LogP contribution in [0.15, 0.2) is 22.7 Å². The monoisotopic (exact) mass is 348 g/mol. The number of halogens is 4. The molecule has 1 aromatic carbocycles. The minimum Gasteiger partial charge on any atom is -0.377 e. The maximum atomic E-state index is 12.7. The second-order valence-corrected chi connectivity index (χ2v) is 5.12. The number of aryl methyl sites for hydroxylation is 1. The zero-order valence-electron chi connectivity index (χ0n) is 10.8. The standard InChI is InChI=1S/C12H12BrF3N4/c1-7-18-19-11(20(7)2)6-17-10-5-8(12(14,15)16)3-4-9(10)13/h3-5,17H,6H2,1-2H3. The highest BCUT2D eigenvalue weighted by Crippen LogP contribution is 2.34. The van der Waals surface area contributed by atoms with Gasteiger partial charge in [-0.25, -0.2) is 0 Å². The average molecular weight is 349 g/mol. The quantitative estimate of drug-likeness (QED) is 0.922. The largest absolute Gasteiger partial charge is 0.416 e. The molecule has 1 aromatic heterocycles. The molecule has 8 heteroatoms. The Morgan fingerprint density at radius 1 is 1.30 bits per heavy atom. The van der Waals surface area contributed by atoms with Crippen molar-refractivity contribution in [2.75, 3.05) is 5.32 Å². The van der Waals surface area contributed by atoms with Crippen molar-refractivity contribution in [3.05, 3.63) is 39.9 Å². The van der Waals surface area contributed by atoms with Crippen LogP contribution in [0.3, 0.4) is 0 Å². The molecule has 0 saturated carbocycles. The Balaban J connectivity index is 2.19. The summed E-state index contributed by atoms with van der Waals surface area (Å²) in [6.45, 7) is 2.09. The Kier molecular flexibility index (Phi) is 4.03. The van der Waals surface area contributed by atoms with E-state index >= 15 is 0 Å². The van der Waals surface area contributed by atoms with Gasteiger partial charge in [-0.15, -0.1) is 10.2 Å². The molecule has 0 spiro atoms. The van der Waals surface area contributed by atoms with Crippen molar-refractivity contribution < 1.29 is 13.2 Å². The number of hydrogen-bond acceptors (Lipinski definition) is 3. The fraction of sp³-hybridized carbons (Fsp3) is 0.333. The van der Waals surface area contributed by atoms with Crippen molar-refractivity contribution in [1.29, 1.82) is 0 Å². The molecule has 0 fully saturated rings. The normalized spacial score (nSPS) is 11.7. The van der Waals surface area contributed by atoms with Crippen LogP contribution in [0.25, 0.3) is 0 Å². The van der Waals surface area contributed by atoms with Crippen LogP contribution in [0.2, 0.25) is 0 Å². The molecule has 0 saturated heterocycles. The Bertz CT molecular complexity index is 622. The first-order valence-electron chi connectivity index (χ1n) is 5.74. The predicted molar refractivity (Wildman–Crippen MR) is 72.2 cm³/mol. The lowest BCUT2D eigenvalue weighted by Crippen LogP contribution is -2.09. The van der Waals surface area contributed by atoms with Gasteiger partial charge in [-0.3, -0.25) is 0 Å². The lowest BCUT2D eigenvalue weighted by atomic mass is 10.2. The van der Waals surface area contributed by atoms with Crippen LogP contribution in [-0.2, 0) is 19.8 Å². The van der Waals surface area contributed by atoms with Gasteiger partial charge in [0.25, 0.3) is 0 Å². The number of hydrogen-bond donors (Lipinski definition) is 1. The van der Waals surface area contributed by atoms with Gasteiger partial charge in [-0.2, -0.15) is 13.2 Å². The van der Waals surface area contributed by atoms with Crippen molar-refractivity contribution in [2.24, 2.45) is 7.05 Å². The summed E-state index contributed by atoms with van der Waals surface area (Å²) in [6, 6.07) is 3.46. The number of nitrogens with zero attached hydrogens (tertiary/aromatic N) is 3. The first kappa shape index (κ1) is 14.8. The van der Waals surface area contributed by atoms with Gasteiger partial charge in [0.1, 0.15) is 5.82 Å². The Labute approximate surface area is 122 Å². The minimum absolute atomic E-state index is 0.289. The number of alkyl halides is 3. The molecule has 108 valence electrons. The van der Waals surface area contributed by atoms with E-state index in [0.717, 1.165) is 18.0 Å². The second kappa shape index (κ2) is 5.43. The highest BCUT2D eigenvalue weighted by molar-refractivity contribution is 9.10. The SMILES string of the molecule is Cc1nnc(CNc2cc(C(F)(F)F)ccc2Br)n1C. The summed E-state index contributed by atoms with van der Waals surface area (Å²) in [6.07, 6.45) is -4.36. The molecule has 0 aliphatic carbocycles. The summed E-state index contributed by atoms with van der Waals surface area (Å²) in [7, 11) is 1.80. The van der Waals surface area contributed by atoms with E-state index in [1.54, 1.807) is 18.5 Å². The molecule has 0 radical (unpaired) electrons. The van der Waals surface area contributed by atoms with Gasteiger partial charge in [0.2, 0.25) is 0 Å². The number of benzene rings is 1. The molecule has 1 heterocycles. The number of rotatable bonds is 3. The van der Waals surface area contributed by atoms with Crippen LogP contribution in [-0.4, -0.2) is 14.8 Å². The second-order valence-electron chi connectivity index (χ2n) is 4.27. The molecule has 2 aromatic rings. The molecule has 0 unspecified atom stereocenters. The van der Waals surface area contributed by atoms with E-state index in [2.05, 4.69) is 31.4 Å². The number of anilines is 1. The molecular formula is C12H12BrF3N4. The Morgan fingerprint density at radius 2 is 2.00 bits per heavy atom. The van der Waals surface area contributed by atoms with Gasteiger partial charge in [0.15, 0.2) is 5.82 Å². The third kappa shape index (κ3) is 3.12. The van der Waals surface area contributed by atoms with Gasteiger partial charge in [0.05, 0.1) is 12.1 Å². The van der Waals surface area contributed by atoms with E-state index in [-0.39, 0.29) is 6.54 Å². The molecule has 0 atom stereocenters. The van der Waals surface area contributed by atoms with E-state index in [9.17, 15) is 13.2 Å². The summed E-state index contributed by atoms with van der Waals surface area (Å²) in [5, 5.41) is 10.8. The van der Waals surface area contributed by atoms with Crippen LogP contribution in [0, 0.1) is 6.92 Å². The zero-order valence-corrected chi connectivity index (χ0v) is 12.4. The fourth-order valence-corrected chi connectivity index (χ4v) is 2.00. The van der Waals surface area contributed by atoms with Crippen LogP contribution in [0.5, 0.6) is 0 Å². The van der Waals surface area contributed by atoms with Crippen LogP contribution in [0.4, 0.5) is 18.9 Å². The van der Waals surface area contributed by atoms with Gasteiger partial charge in [-0.05, 0) is 41.1 Å². The van der Waals surface area contributed by atoms with Crippen molar-refractivity contribution in [2.45, 2.75) is 19.6 Å². The molecule has 0 aliphatic heterocycles. The summed E-state index contributed by atoms with van der Waals surface area (Å²) in [4.78, 5) is 0. The third-order valence-corrected chi connectivity index (χ3v) is 3.60. The lowest BCUT2D eigenvalue weighted by molar-refractivity contribution is -0.137. The van der Waals surface area contributed by atoms with E-state index in [1.165, 1.54) is 6.07 Å². The van der Waals surface area contributed by atoms with Crippen LogP contribution < -0.4 is 5.32 Å². The minimum atomic E-state index is -4.36. The van der Waals surface area contributed by atoms with Crippen molar-refractivity contribution in [3.63, 3.8) is 0 Å². The predicted octanol–water partition coefficient (Wildman–Crippen LogP) is 3.52. The summed E-state index contributed by atoms with van der Waals surface area (Å²) in [5.41, 5.74) is -0.335. The van der Waals surface area contributed by atoms with Crippen molar-refractivity contribution >= 4 is 21.6 Å². The van der Waals surface area contributed by atoms with Crippen LogP contribution in [0.1, 0.15) is 17.2 Å². The van der Waals surface area contributed by atoms with E-state index in [1.807, 2.05) is 0 Å². The highest BCUT2D eigenvalue weighted by atomic mass is 79.9. The molecule has 0 aliphatic rings. The topological polar surface area (TPSA) is 42.7 Å². The molecular weight excluding hydrogens is 337 g/mol.